The van der Waals surface area contributed by atoms with Crippen molar-refractivity contribution in [3.8, 4) is 11.5 Å². The second kappa shape index (κ2) is 5.04. The van der Waals surface area contributed by atoms with Crippen LogP contribution < -0.4 is 10.5 Å². The maximum Gasteiger partial charge on any atom is 0.152 e. The number of anilines is 1. The van der Waals surface area contributed by atoms with Crippen molar-refractivity contribution in [1.29, 1.82) is 0 Å². The molecule has 0 aliphatic rings. The van der Waals surface area contributed by atoms with E-state index in [-0.39, 0.29) is 10.7 Å². The Hall–Kier alpha value is -1.45. The molecule has 18 heavy (non-hydrogen) atoms. The number of hydrogen-bond acceptors (Lipinski definition) is 2. The quantitative estimate of drug-likeness (QED) is 0.803. The third-order valence-corrected chi connectivity index (χ3v) is 2.95. The lowest BCUT2D eigenvalue weighted by Crippen LogP contribution is -1.95. The maximum absolute atomic E-state index is 13.2. The van der Waals surface area contributed by atoms with E-state index in [2.05, 4.69) is 0 Å². The van der Waals surface area contributed by atoms with Crippen LogP contribution in [0.3, 0.4) is 0 Å². The van der Waals surface area contributed by atoms with Crippen LogP contribution in [0, 0.1) is 12.7 Å². The average Bonchev–Trinajstić information content (AvgIpc) is 2.30. The summed E-state index contributed by atoms with van der Waals surface area (Å²) >= 11 is 11.6. The fourth-order valence-electron chi connectivity index (χ4n) is 1.43. The van der Waals surface area contributed by atoms with Gasteiger partial charge in [-0.15, -0.1) is 0 Å². The van der Waals surface area contributed by atoms with Crippen molar-refractivity contribution in [2.45, 2.75) is 6.92 Å². The highest BCUT2D eigenvalue weighted by molar-refractivity contribution is 6.31. The molecule has 0 heterocycles. The molecule has 2 N–H and O–H groups in total. The van der Waals surface area contributed by atoms with E-state index < -0.39 is 5.82 Å². The highest BCUT2D eigenvalue weighted by Gasteiger charge is 2.10. The molecule has 5 heteroatoms. The van der Waals surface area contributed by atoms with E-state index in [1.807, 2.05) is 13.0 Å². The Morgan fingerprint density at radius 3 is 2.56 bits per heavy atom. The van der Waals surface area contributed by atoms with Crippen molar-refractivity contribution in [2.24, 2.45) is 0 Å². The summed E-state index contributed by atoms with van der Waals surface area (Å²) in [6, 6.07) is 7.70. The van der Waals surface area contributed by atoms with Gasteiger partial charge >= 0.3 is 0 Å². The Morgan fingerprint density at radius 2 is 1.83 bits per heavy atom. The number of nitrogen functional groups attached to an aromatic ring is 1. The first-order chi connectivity index (χ1) is 8.47. The number of halogens is 3. The Labute approximate surface area is 114 Å². The minimum Gasteiger partial charge on any atom is -0.455 e. The molecule has 0 saturated heterocycles. The normalized spacial score (nSPS) is 10.4. The first-order valence-corrected chi connectivity index (χ1v) is 5.91. The topological polar surface area (TPSA) is 35.2 Å². The van der Waals surface area contributed by atoms with Gasteiger partial charge in [0.05, 0.1) is 10.7 Å². The number of rotatable bonds is 2. The van der Waals surface area contributed by atoms with Gasteiger partial charge in [0.2, 0.25) is 0 Å². The van der Waals surface area contributed by atoms with Crippen molar-refractivity contribution in [1.82, 2.24) is 0 Å². The summed E-state index contributed by atoms with van der Waals surface area (Å²) < 4.78 is 18.7. The molecule has 2 rings (SSSR count). The highest BCUT2D eigenvalue weighted by Crippen LogP contribution is 2.34. The fourth-order valence-corrected chi connectivity index (χ4v) is 1.75. The van der Waals surface area contributed by atoms with Crippen LogP contribution in [0.2, 0.25) is 10.0 Å². The maximum atomic E-state index is 13.2. The van der Waals surface area contributed by atoms with Crippen molar-refractivity contribution in [3.05, 3.63) is 51.8 Å². The summed E-state index contributed by atoms with van der Waals surface area (Å²) in [4.78, 5) is 0. The number of ether oxygens (including phenoxy) is 1. The minimum absolute atomic E-state index is 0.0427. The molecular formula is C13H10Cl2FNO. The van der Waals surface area contributed by atoms with Crippen molar-refractivity contribution in [3.63, 3.8) is 0 Å². The zero-order chi connectivity index (χ0) is 13.3. The SMILES string of the molecule is Cc1ccc(Cl)cc1Oc1cc(Cl)c(F)cc1N. The molecule has 2 aromatic rings. The zero-order valence-electron chi connectivity index (χ0n) is 9.51. The van der Waals surface area contributed by atoms with E-state index in [0.29, 0.717) is 16.5 Å². The molecule has 0 fully saturated rings. The highest BCUT2D eigenvalue weighted by atomic mass is 35.5. The molecule has 2 aromatic carbocycles. The predicted molar refractivity (Wildman–Crippen MR) is 72.1 cm³/mol. The summed E-state index contributed by atoms with van der Waals surface area (Å²) in [5.41, 5.74) is 6.73. The fraction of sp³-hybridized carbons (Fsp3) is 0.0769. The van der Waals surface area contributed by atoms with Crippen LogP contribution in [0.4, 0.5) is 10.1 Å². The van der Waals surface area contributed by atoms with Crippen LogP contribution in [0.1, 0.15) is 5.56 Å². The van der Waals surface area contributed by atoms with E-state index in [9.17, 15) is 4.39 Å². The van der Waals surface area contributed by atoms with Gasteiger partial charge in [0.25, 0.3) is 0 Å². The lowest BCUT2D eigenvalue weighted by atomic mass is 10.2. The predicted octanol–water partition coefficient (Wildman–Crippen LogP) is 4.82. The first-order valence-electron chi connectivity index (χ1n) is 5.16. The molecule has 2 nitrogen and oxygen atoms in total. The molecule has 0 saturated carbocycles. The van der Waals surface area contributed by atoms with Crippen LogP contribution in [0.15, 0.2) is 30.3 Å². The second-order valence-corrected chi connectivity index (χ2v) is 4.66. The van der Waals surface area contributed by atoms with E-state index in [0.717, 1.165) is 11.6 Å². The molecule has 0 aromatic heterocycles. The zero-order valence-corrected chi connectivity index (χ0v) is 11.0. The van der Waals surface area contributed by atoms with Crippen LogP contribution in [-0.2, 0) is 0 Å². The monoisotopic (exact) mass is 285 g/mol. The van der Waals surface area contributed by atoms with Gasteiger partial charge < -0.3 is 10.5 Å². The van der Waals surface area contributed by atoms with Gasteiger partial charge in [0.1, 0.15) is 11.6 Å². The molecular weight excluding hydrogens is 276 g/mol. The van der Waals surface area contributed by atoms with Gasteiger partial charge in [-0.05, 0) is 24.6 Å². The Kier molecular flexibility index (Phi) is 3.64. The average molecular weight is 286 g/mol. The molecule has 0 amide bonds. The number of nitrogens with two attached hydrogens (primary N) is 1. The third kappa shape index (κ3) is 2.68. The molecule has 94 valence electrons. The summed E-state index contributed by atoms with van der Waals surface area (Å²) in [6.45, 7) is 1.87. The molecule has 0 radical (unpaired) electrons. The Bertz CT molecular complexity index is 602. The third-order valence-electron chi connectivity index (χ3n) is 2.42. The van der Waals surface area contributed by atoms with Crippen LogP contribution in [0.5, 0.6) is 11.5 Å². The van der Waals surface area contributed by atoms with Crippen LogP contribution in [-0.4, -0.2) is 0 Å². The lowest BCUT2D eigenvalue weighted by Gasteiger charge is -2.11. The molecule has 0 bridgehead atoms. The van der Waals surface area contributed by atoms with Crippen molar-refractivity contribution >= 4 is 28.9 Å². The van der Waals surface area contributed by atoms with E-state index in [1.165, 1.54) is 6.07 Å². The largest absolute Gasteiger partial charge is 0.455 e. The van der Waals surface area contributed by atoms with Gasteiger partial charge in [-0.25, -0.2) is 4.39 Å². The summed E-state index contributed by atoms with van der Waals surface area (Å²) in [7, 11) is 0. The summed E-state index contributed by atoms with van der Waals surface area (Å²) in [6.07, 6.45) is 0. The van der Waals surface area contributed by atoms with E-state index in [4.69, 9.17) is 33.7 Å². The van der Waals surface area contributed by atoms with E-state index in [1.54, 1.807) is 12.1 Å². The van der Waals surface area contributed by atoms with Gasteiger partial charge in [-0.2, -0.15) is 0 Å². The molecule has 0 aliphatic carbocycles. The Balaban J connectivity index is 2.40. The van der Waals surface area contributed by atoms with E-state index >= 15 is 0 Å². The smallest absolute Gasteiger partial charge is 0.152 e. The summed E-state index contributed by atoms with van der Waals surface area (Å²) in [5, 5.41) is 0.501. The second-order valence-electron chi connectivity index (χ2n) is 3.82. The van der Waals surface area contributed by atoms with Gasteiger partial charge in [0, 0.05) is 17.2 Å². The van der Waals surface area contributed by atoms with Gasteiger partial charge in [-0.3, -0.25) is 0 Å². The number of benzene rings is 2. The summed E-state index contributed by atoms with van der Waals surface area (Å²) in [5.74, 6) is 0.271. The molecule has 0 spiro atoms. The number of aryl methyl sites for hydroxylation is 1. The van der Waals surface area contributed by atoms with Crippen molar-refractivity contribution < 1.29 is 9.13 Å². The van der Waals surface area contributed by atoms with Crippen molar-refractivity contribution in [2.75, 3.05) is 5.73 Å². The standard InChI is InChI=1S/C13H10Cl2FNO/c1-7-2-3-8(14)4-12(7)18-13-5-9(15)10(16)6-11(13)17/h2-6H,17H2,1H3. The molecule has 0 atom stereocenters. The Morgan fingerprint density at radius 1 is 1.11 bits per heavy atom. The van der Waals surface area contributed by atoms with Gasteiger partial charge in [0.15, 0.2) is 5.75 Å². The van der Waals surface area contributed by atoms with Gasteiger partial charge in [-0.1, -0.05) is 29.3 Å². The minimum atomic E-state index is -0.579. The molecule has 0 aliphatic heterocycles. The van der Waals surface area contributed by atoms with Crippen LogP contribution >= 0.6 is 23.2 Å². The first kappa shape index (κ1) is 13.0. The molecule has 0 unspecified atom stereocenters. The number of hydrogen-bond donors (Lipinski definition) is 1. The van der Waals surface area contributed by atoms with Crippen LogP contribution in [0.25, 0.3) is 0 Å². The lowest BCUT2D eigenvalue weighted by molar-refractivity contribution is 0.479.